The second kappa shape index (κ2) is 9.80. The Morgan fingerprint density at radius 2 is 2.13 bits per heavy atom. The van der Waals surface area contributed by atoms with Gasteiger partial charge in [0.05, 0.1) is 25.1 Å². The molecule has 0 aliphatic carbocycles. The van der Waals surface area contributed by atoms with E-state index in [0.29, 0.717) is 18.8 Å². The predicted molar refractivity (Wildman–Crippen MR) is 117 cm³/mol. The third kappa shape index (κ3) is 5.21. The predicted octanol–water partition coefficient (Wildman–Crippen LogP) is 3.90. The fourth-order valence-corrected chi connectivity index (χ4v) is 4.04. The summed E-state index contributed by atoms with van der Waals surface area (Å²) in [6.45, 7) is 3.91. The second-order valence-corrected chi connectivity index (χ2v) is 7.90. The van der Waals surface area contributed by atoms with Crippen LogP contribution in [0.25, 0.3) is 0 Å². The summed E-state index contributed by atoms with van der Waals surface area (Å²) in [4.78, 5) is 21.7. The number of rotatable bonds is 7. The van der Waals surface area contributed by atoms with Crippen molar-refractivity contribution in [2.45, 2.75) is 38.3 Å². The number of nitrogens with one attached hydrogen (secondary N) is 1. The summed E-state index contributed by atoms with van der Waals surface area (Å²) in [5.41, 5.74) is 1.72. The molecule has 0 saturated carbocycles. The van der Waals surface area contributed by atoms with Gasteiger partial charge in [0.2, 0.25) is 0 Å². The number of methoxy groups -OCH3 is 1. The molecule has 0 radical (unpaired) electrons. The highest BCUT2D eigenvalue weighted by Gasteiger charge is 2.23. The summed E-state index contributed by atoms with van der Waals surface area (Å²) in [6.07, 6.45) is 6.26. The maximum atomic E-state index is 13.1. The first-order valence-electron chi connectivity index (χ1n) is 10.7. The molecular weight excluding hydrogens is 380 g/mol. The minimum atomic E-state index is -0.149. The Hall–Kier alpha value is -2.80. The first-order valence-corrected chi connectivity index (χ1v) is 10.7. The number of nitrogens with zero attached hydrogens (tertiary/aromatic N) is 3. The van der Waals surface area contributed by atoms with Gasteiger partial charge in [-0.3, -0.25) is 0 Å². The SMILES string of the molecule is COc1cccc(CN(CC2CCCO2)C(=O)Nc2ccc(N3CCCC3)nc2)c1. The molecule has 0 spiro atoms. The molecule has 2 aliphatic rings. The Labute approximate surface area is 178 Å². The molecule has 2 aromatic rings. The van der Waals surface area contributed by atoms with Gasteiger partial charge in [0, 0.05) is 32.8 Å². The van der Waals surface area contributed by atoms with Gasteiger partial charge in [0.15, 0.2) is 0 Å². The van der Waals surface area contributed by atoms with Gasteiger partial charge in [-0.1, -0.05) is 12.1 Å². The molecule has 2 amide bonds. The third-order valence-corrected chi connectivity index (χ3v) is 5.67. The van der Waals surface area contributed by atoms with Crippen molar-refractivity contribution in [2.24, 2.45) is 0 Å². The van der Waals surface area contributed by atoms with Crippen LogP contribution in [0.5, 0.6) is 5.75 Å². The lowest BCUT2D eigenvalue weighted by atomic mass is 10.2. The van der Waals surface area contributed by atoms with Gasteiger partial charge in [-0.25, -0.2) is 9.78 Å². The largest absolute Gasteiger partial charge is 0.497 e. The number of ether oxygens (including phenoxy) is 2. The summed E-state index contributed by atoms with van der Waals surface area (Å²) in [7, 11) is 1.65. The Kier molecular flexibility index (Phi) is 6.69. The highest BCUT2D eigenvalue weighted by Crippen LogP contribution is 2.21. The van der Waals surface area contributed by atoms with E-state index in [-0.39, 0.29) is 12.1 Å². The highest BCUT2D eigenvalue weighted by atomic mass is 16.5. The average Bonchev–Trinajstić information content (AvgIpc) is 3.48. The van der Waals surface area contributed by atoms with Crippen LogP contribution in [0.3, 0.4) is 0 Å². The number of carbonyl (C=O) groups is 1. The average molecular weight is 411 g/mol. The number of pyridine rings is 1. The lowest BCUT2D eigenvalue weighted by molar-refractivity contribution is 0.0819. The van der Waals surface area contributed by atoms with E-state index >= 15 is 0 Å². The van der Waals surface area contributed by atoms with Crippen molar-refractivity contribution >= 4 is 17.5 Å². The van der Waals surface area contributed by atoms with Crippen molar-refractivity contribution in [1.82, 2.24) is 9.88 Å². The Morgan fingerprint density at radius 3 is 2.83 bits per heavy atom. The fourth-order valence-electron chi connectivity index (χ4n) is 4.04. The van der Waals surface area contributed by atoms with Gasteiger partial charge < -0.3 is 24.6 Å². The summed E-state index contributed by atoms with van der Waals surface area (Å²) < 4.78 is 11.1. The van der Waals surface area contributed by atoms with E-state index in [4.69, 9.17) is 9.47 Å². The standard InChI is InChI=1S/C23H30N4O3/c1-29-20-7-4-6-18(14-20)16-27(17-21-8-5-13-30-21)23(28)25-19-9-10-22(24-15-19)26-11-2-3-12-26/h4,6-7,9-10,14-15,21H,2-3,5,8,11-13,16-17H2,1H3,(H,25,28). The van der Waals surface area contributed by atoms with E-state index in [0.717, 1.165) is 49.7 Å². The molecule has 30 heavy (non-hydrogen) atoms. The van der Waals surface area contributed by atoms with Crippen molar-refractivity contribution in [3.8, 4) is 5.75 Å². The molecule has 1 unspecified atom stereocenters. The second-order valence-electron chi connectivity index (χ2n) is 7.90. The molecule has 4 rings (SSSR count). The van der Waals surface area contributed by atoms with Crippen molar-refractivity contribution in [1.29, 1.82) is 0 Å². The minimum absolute atomic E-state index is 0.0806. The van der Waals surface area contributed by atoms with Crippen LogP contribution in [0, 0.1) is 0 Å². The number of hydrogen-bond donors (Lipinski definition) is 1. The van der Waals surface area contributed by atoms with Crippen molar-refractivity contribution in [3.63, 3.8) is 0 Å². The van der Waals surface area contributed by atoms with Crippen LogP contribution in [-0.4, -0.2) is 55.4 Å². The third-order valence-electron chi connectivity index (χ3n) is 5.67. The molecule has 1 N–H and O–H groups in total. The van der Waals surface area contributed by atoms with Crippen LogP contribution in [0.15, 0.2) is 42.6 Å². The van der Waals surface area contributed by atoms with Crippen LogP contribution in [0.2, 0.25) is 0 Å². The highest BCUT2D eigenvalue weighted by molar-refractivity contribution is 5.89. The summed E-state index contributed by atoms with van der Waals surface area (Å²) in [6, 6.07) is 11.6. The van der Waals surface area contributed by atoms with Crippen molar-refractivity contribution < 1.29 is 14.3 Å². The van der Waals surface area contributed by atoms with E-state index in [9.17, 15) is 4.79 Å². The smallest absolute Gasteiger partial charge is 0.322 e. The topological polar surface area (TPSA) is 66.9 Å². The Morgan fingerprint density at radius 1 is 1.27 bits per heavy atom. The maximum absolute atomic E-state index is 13.1. The molecule has 2 fully saturated rings. The molecule has 1 aromatic heterocycles. The van der Waals surface area contributed by atoms with Gasteiger partial charge in [-0.15, -0.1) is 0 Å². The molecule has 160 valence electrons. The molecule has 7 nitrogen and oxygen atoms in total. The number of amides is 2. The Bertz CT molecular complexity index is 831. The van der Waals surface area contributed by atoms with Crippen molar-refractivity contribution in [3.05, 3.63) is 48.2 Å². The summed E-state index contributed by atoms with van der Waals surface area (Å²) in [5, 5.41) is 3.00. The normalized spacial score (nSPS) is 18.4. The zero-order chi connectivity index (χ0) is 20.8. The summed E-state index contributed by atoms with van der Waals surface area (Å²) in [5.74, 6) is 1.75. The van der Waals surface area contributed by atoms with Crippen LogP contribution >= 0.6 is 0 Å². The van der Waals surface area contributed by atoms with E-state index < -0.39 is 0 Å². The molecule has 3 heterocycles. The monoisotopic (exact) mass is 410 g/mol. The van der Waals surface area contributed by atoms with E-state index in [1.807, 2.05) is 36.4 Å². The van der Waals surface area contributed by atoms with E-state index in [2.05, 4.69) is 15.2 Å². The molecule has 7 heteroatoms. The molecular formula is C23H30N4O3. The molecule has 2 saturated heterocycles. The van der Waals surface area contributed by atoms with Gasteiger partial charge in [-0.05, 0) is 55.5 Å². The van der Waals surface area contributed by atoms with E-state index in [1.165, 1.54) is 12.8 Å². The zero-order valence-corrected chi connectivity index (χ0v) is 17.5. The van der Waals surface area contributed by atoms with Gasteiger partial charge in [0.25, 0.3) is 0 Å². The maximum Gasteiger partial charge on any atom is 0.322 e. The van der Waals surface area contributed by atoms with Gasteiger partial charge >= 0.3 is 6.03 Å². The first-order chi connectivity index (χ1) is 14.7. The summed E-state index contributed by atoms with van der Waals surface area (Å²) >= 11 is 0. The zero-order valence-electron chi connectivity index (χ0n) is 17.5. The lowest BCUT2D eigenvalue weighted by Gasteiger charge is -2.26. The molecule has 2 aliphatic heterocycles. The number of urea groups is 1. The van der Waals surface area contributed by atoms with Gasteiger partial charge in [-0.2, -0.15) is 0 Å². The Balaban J connectivity index is 1.43. The van der Waals surface area contributed by atoms with Gasteiger partial charge in [0.1, 0.15) is 11.6 Å². The quantitative estimate of drug-likeness (QED) is 0.750. The van der Waals surface area contributed by atoms with Crippen LogP contribution in [0.4, 0.5) is 16.3 Å². The lowest BCUT2D eigenvalue weighted by Crippen LogP contribution is -2.39. The molecule has 0 bridgehead atoms. The number of benzene rings is 1. The number of hydrogen-bond acceptors (Lipinski definition) is 5. The van der Waals surface area contributed by atoms with Crippen LogP contribution in [0.1, 0.15) is 31.2 Å². The number of aromatic nitrogens is 1. The van der Waals surface area contributed by atoms with Crippen LogP contribution < -0.4 is 15.0 Å². The number of carbonyl (C=O) groups excluding carboxylic acids is 1. The molecule has 1 atom stereocenters. The number of anilines is 2. The first kappa shape index (κ1) is 20.5. The van der Waals surface area contributed by atoms with E-state index in [1.54, 1.807) is 18.2 Å². The fraction of sp³-hybridized carbons (Fsp3) is 0.478. The van der Waals surface area contributed by atoms with Crippen LogP contribution in [-0.2, 0) is 11.3 Å². The minimum Gasteiger partial charge on any atom is -0.497 e. The molecule has 1 aromatic carbocycles. The van der Waals surface area contributed by atoms with Crippen molar-refractivity contribution in [2.75, 3.05) is 43.6 Å².